The second-order valence-electron chi connectivity index (χ2n) is 6.26. The number of fused-ring (bicyclic) bond motifs is 1. The minimum atomic E-state index is -0.338. The molecule has 4 rings (SSSR count). The third-order valence-corrected chi connectivity index (χ3v) is 6.29. The molecule has 0 aromatic carbocycles. The summed E-state index contributed by atoms with van der Waals surface area (Å²) in [6.45, 7) is 1.74. The Balaban J connectivity index is 1.63. The Morgan fingerprint density at radius 1 is 1.31 bits per heavy atom. The first-order valence-electron chi connectivity index (χ1n) is 8.10. The van der Waals surface area contributed by atoms with Crippen molar-refractivity contribution in [3.63, 3.8) is 0 Å². The van der Waals surface area contributed by atoms with E-state index in [1.54, 1.807) is 25.4 Å². The van der Waals surface area contributed by atoms with Crippen molar-refractivity contribution in [2.24, 2.45) is 7.05 Å². The number of thiophene rings is 2. The molecule has 0 atom stereocenters. The molecule has 3 heterocycles. The molecule has 26 heavy (non-hydrogen) atoms. The average Bonchev–Trinajstić information content (AvgIpc) is 3.18. The van der Waals surface area contributed by atoms with Crippen molar-refractivity contribution >= 4 is 49.7 Å². The Hall–Kier alpha value is -2.52. The van der Waals surface area contributed by atoms with E-state index in [0.29, 0.717) is 31.2 Å². The molecule has 0 bridgehead atoms. The highest BCUT2D eigenvalue weighted by Crippen LogP contribution is 2.30. The number of rotatable bonds is 4. The van der Waals surface area contributed by atoms with Gasteiger partial charge in [-0.25, -0.2) is 4.98 Å². The fourth-order valence-corrected chi connectivity index (χ4v) is 4.48. The molecule has 0 saturated heterocycles. The third-order valence-electron chi connectivity index (χ3n) is 4.27. The fourth-order valence-electron chi connectivity index (χ4n) is 2.66. The number of amides is 2. The van der Waals surface area contributed by atoms with Crippen molar-refractivity contribution < 1.29 is 9.59 Å². The van der Waals surface area contributed by atoms with E-state index in [9.17, 15) is 14.4 Å². The Bertz CT molecular complexity index is 1090. The molecule has 0 spiro atoms. The molecule has 3 aromatic rings. The van der Waals surface area contributed by atoms with Crippen molar-refractivity contribution in [1.29, 1.82) is 0 Å². The van der Waals surface area contributed by atoms with E-state index in [-0.39, 0.29) is 23.4 Å². The third kappa shape index (κ3) is 2.93. The number of hydrogen-bond acceptors (Lipinski definition) is 6. The van der Waals surface area contributed by atoms with Crippen LogP contribution in [0.1, 0.15) is 38.4 Å². The van der Waals surface area contributed by atoms with Gasteiger partial charge in [0.05, 0.1) is 22.2 Å². The number of carbonyl (C=O) groups excluding carboxylic acids is 2. The van der Waals surface area contributed by atoms with Gasteiger partial charge in [-0.1, -0.05) is 0 Å². The van der Waals surface area contributed by atoms with Gasteiger partial charge in [-0.3, -0.25) is 14.4 Å². The van der Waals surface area contributed by atoms with Crippen molar-refractivity contribution in [1.82, 2.24) is 14.9 Å². The zero-order valence-electron chi connectivity index (χ0n) is 14.2. The molecular formula is C17H16N4O3S2. The first-order chi connectivity index (χ1) is 12.5. The van der Waals surface area contributed by atoms with Crippen LogP contribution in [0.25, 0.3) is 10.2 Å². The molecule has 1 fully saturated rings. The molecule has 134 valence electrons. The monoisotopic (exact) mass is 388 g/mol. The Morgan fingerprint density at radius 2 is 2.08 bits per heavy atom. The van der Waals surface area contributed by atoms with Crippen LogP contribution >= 0.6 is 22.7 Å². The van der Waals surface area contributed by atoms with E-state index in [2.05, 4.69) is 15.6 Å². The molecule has 1 aliphatic carbocycles. The topological polar surface area (TPSA) is 93.1 Å². The second-order valence-corrected chi connectivity index (χ2v) is 8.18. The van der Waals surface area contributed by atoms with Gasteiger partial charge in [0.2, 0.25) is 0 Å². The summed E-state index contributed by atoms with van der Waals surface area (Å²) >= 11 is 2.48. The van der Waals surface area contributed by atoms with Gasteiger partial charge in [0.15, 0.2) is 0 Å². The molecule has 2 N–H and O–H groups in total. The summed E-state index contributed by atoms with van der Waals surface area (Å²) < 4.78 is 1.39. The zero-order chi connectivity index (χ0) is 18.4. The van der Waals surface area contributed by atoms with Crippen molar-refractivity contribution in [3.8, 4) is 0 Å². The van der Waals surface area contributed by atoms with Crippen molar-refractivity contribution in [2.75, 3.05) is 5.32 Å². The van der Waals surface area contributed by atoms with Crippen LogP contribution in [0, 0.1) is 6.92 Å². The van der Waals surface area contributed by atoms with Crippen LogP contribution in [0.15, 0.2) is 22.6 Å². The minimum absolute atomic E-state index is 0.173. The maximum absolute atomic E-state index is 12.7. The maximum Gasteiger partial charge on any atom is 0.266 e. The number of hydrogen-bond donors (Lipinski definition) is 2. The van der Waals surface area contributed by atoms with E-state index >= 15 is 0 Å². The molecule has 0 unspecified atom stereocenters. The van der Waals surface area contributed by atoms with E-state index < -0.39 is 0 Å². The smallest absolute Gasteiger partial charge is 0.266 e. The van der Waals surface area contributed by atoms with E-state index in [1.807, 2.05) is 0 Å². The normalized spacial score (nSPS) is 13.8. The van der Waals surface area contributed by atoms with E-state index in [0.717, 1.165) is 12.8 Å². The molecule has 0 aliphatic heterocycles. The quantitative estimate of drug-likeness (QED) is 0.718. The summed E-state index contributed by atoms with van der Waals surface area (Å²) in [6.07, 6.45) is 3.45. The summed E-state index contributed by atoms with van der Waals surface area (Å²) in [4.78, 5) is 42.5. The highest BCUT2D eigenvalue weighted by atomic mass is 32.1. The number of nitrogens with zero attached hydrogens (tertiary/aromatic N) is 2. The predicted molar refractivity (Wildman–Crippen MR) is 102 cm³/mol. The SMILES string of the molecule is Cc1c(C(=O)Nc2sccc2C(=O)NC2CC2)sc2ncn(C)c(=O)c12. The van der Waals surface area contributed by atoms with Crippen LogP contribution in [0.5, 0.6) is 0 Å². The standard InChI is InChI=1S/C17H16N4O3S2/c1-8-11-16(18-7-21(2)17(11)24)26-12(8)14(23)20-15-10(5-6-25-15)13(22)19-9-3-4-9/h5-7,9H,3-4H2,1-2H3,(H,19,22)(H,20,23). The van der Waals surface area contributed by atoms with Crippen LogP contribution in [0.4, 0.5) is 5.00 Å². The van der Waals surface area contributed by atoms with Crippen LogP contribution in [0.2, 0.25) is 0 Å². The molecule has 3 aromatic heterocycles. The highest BCUT2D eigenvalue weighted by molar-refractivity contribution is 7.21. The minimum Gasteiger partial charge on any atom is -0.349 e. The first kappa shape index (κ1) is 16.9. The summed E-state index contributed by atoms with van der Waals surface area (Å²) in [5.74, 6) is -0.511. The van der Waals surface area contributed by atoms with E-state index in [1.165, 1.54) is 33.6 Å². The van der Waals surface area contributed by atoms with Gasteiger partial charge < -0.3 is 15.2 Å². The highest BCUT2D eigenvalue weighted by Gasteiger charge is 2.26. The molecule has 0 radical (unpaired) electrons. The van der Waals surface area contributed by atoms with Crippen molar-refractivity contribution in [2.45, 2.75) is 25.8 Å². The Kier molecular flexibility index (Phi) is 4.12. The van der Waals surface area contributed by atoms with Gasteiger partial charge in [0, 0.05) is 13.1 Å². The number of carbonyl (C=O) groups is 2. The summed E-state index contributed by atoms with van der Waals surface area (Å²) in [7, 11) is 1.63. The predicted octanol–water partition coefficient (Wildman–Crippen LogP) is 2.51. The molecule has 7 nitrogen and oxygen atoms in total. The zero-order valence-corrected chi connectivity index (χ0v) is 15.8. The summed E-state index contributed by atoms with van der Waals surface area (Å²) in [5, 5.41) is 8.47. The number of nitrogens with one attached hydrogen (secondary N) is 2. The van der Waals surface area contributed by atoms with Gasteiger partial charge in [0.25, 0.3) is 17.4 Å². The molecular weight excluding hydrogens is 372 g/mol. The van der Waals surface area contributed by atoms with Crippen LogP contribution in [-0.4, -0.2) is 27.4 Å². The maximum atomic E-state index is 12.7. The summed E-state index contributed by atoms with van der Waals surface area (Å²) in [5.41, 5.74) is 0.892. The number of aryl methyl sites for hydroxylation is 2. The first-order valence-corrected chi connectivity index (χ1v) is 9.79. The van der Waals surface area contributed by atoms with Crippen LogP contribution < -0.4 is 16.2 Å². The van der Waals surface area contributed by atoms with Gasteiger partial charge in [-0.2, -0.15) is 0 Å². The fraction of sp³-hybridized carbons (Fsp3) is 0.294. The molecule has 1 aliphatic rings. The lowest BCUT2D eigenvalue weighted by atomic mass is 10.2. The Labute approximate surface area is 156 Å². The van der Waals surface area contributed by atoms with Crippen LogP contribution in [0.3, 0.4) is 0 Å². The Morgan fingerprint density at radius 3 is 2.81 bits per heavy atom. The second kappa shape index (κ2) is 6.33. The van der Waals surface area contributed by atoms with E-state index in [4.69, 9.17) is 0 Å². The average molecular weight is 388 g/mol. The van der Waals surface area contributed by atoms with Crippen LogP contribution in [-0.2, 0) is 7.05 Å². The lowest BCUT2D eigenvalue weighted by Gasteiger charge is -2.06. The van der Waals surface area contributed by atoms with Crippen molar-refractivity contribution in [3.05, 3.63) is 44.1 Å². The number of anilines is 1. The number of aromatic nitrogens is 2. The molecule has 9 heteroatoms. The van der Waals surface area contributed by atoms with Gasteiger partial charge in [0.1, 0.15) is 9.83 Å². The van der Waals surface area contributed by atoms with Gasteiger partial charge in [-0.05, 0) is 36.8 Å². The molecule has 2 amide bonds. The lowest BCUT2D eigenvalue weighted by Crippen LogP contribution is -2.26. The lowest BCUT2D eigenvalue weighted by molar-refractivity contribution is 0.0952. The largest absolute Gasteiger partial charge is 0.349 e. The van der Waals surface area contributed by atoms with Gasteiger partial charge >= 0.3 is 0 Å². The van der Waals surface area contributed by atoms with Gasteiger partial charge in [-0.15, -0.1) is 22.7 Å². The summed E-state index contributed by atoms with van der Waals surface area (Å²) in [6, 6.07) is 1.95. The molecule has 1 saturated carbocycles.